The molecule has 0 saturated carbocycles. The van der Waals surface area contributed by atoms with E-state index >= 15 is 0 Å². The molecule has 0 bridgehead atoms. The molecule has 84 valence electrons. The second-order valence-electron chi connectivity index (χ2n) is 4.45. The largest absolute Gasteiger partial charge is 0.376 e. The first-order valence-electron chi connectivity index (χ1n) is 5.57. The van der Waals surface area contributed by atoms with Crippen LogP contribution in [-0.2, 0) is 30.9 Å². The van der Waals surface area contributed by atoms with Crippen molar-refractivity contribution in [1.29, 1.82) is 0 Å². The van der Waals surface area contributed by atoms with Crippen molar-refractivity contribution in [2.45, 2.75) is 40.0 Å². The van der Waals surface area contributed by atoms with Crippen molar-refractivity contribution in [2.24, 2.45) is 11.7 Å². The van der Waals surface area contributed by atoms with Gasteiger partial charge in [-0.1, -0.05) is 13.8 Å². The molecular formula is C11H19N3O. The van der Waals surface area contributed by atoms with E-state index in [2.05, 4.69) is 23.6 Å². The Bertz CT molecular complexity index is 344. The van der Waals surface area contributed by atoms with Gasteiger partial charge < -0.3 is 10.5 Å². The van der Waals surface area contributed by atoms with Crippen molar-refractivity contribution in [3.05, 3.63) is 17.0 Å². The quantitative estimate of drug-likeness (QED) is 0.810. The summed E-state index contributed by atoms with van der Waals surface area (Å²) in [5.74, 6) is 0.595. The van der Waals surface area contributed by atoms with E-state index in [0.29, 0.717) is 19.1 Å². The molecule has 0 fully saturated rings. The third-order valence-corrected chi connectivity index (χ3v) is 2.71. The molecule has 15 heavy (non-hydrogen) atoms. The fourth-order valence-corrected chi connectivity index (χ4v) is 2.02. The second kappa shape index (κ2) is 4.33. The van der Waals surface area contributed by atoms with Crippen LogP contribution in [0.4, 0.5) is 0 Å². The van der Waals surface area contributed by atoms with Crippen molar-refractivity contribution in [3.8, 4) is 0 Å². The van der Waals surface area contributed by atoms with Gasteiger partial charge in [-0.25, -0.2) is 0 Å². The molecule has 0 unspecified atom stereocenters. The van der Waals surface area contributed by atoms with E-state index in [1.54, 1.807) is 0 Å². The Balaban J connectivity index is 2.33. The lowest BCUT2D eigenvalue weighted by Gasteiger charge is -2.12. The smallest absolute Gasteiger partial charge is 0.0753 e. The highest BCUT2D eigenvalue weighted by atomic mass is 16.5. The zero-order valence-electron chi connectivity index (χ0n) is 9.49. The van der Waals surface area contributed by atoms with E-state index in [9.17, 15) is 0 Å². The number of hydrogen-bond donors (Lipinski definition) is 1. The number of fused-ring (bicyclic) bond motifs is 1. The predicted molar refractivity (Wildman–Crippen MR) is 58.3 cm³/mol. The minimum atomic E-state index is 0.554. The molecule has 0 saturated heterocycles. The summed E-state index contributed by atoms with van der Waals surface area (Å²) in [6, 6.07) is 0. The summed E-state index contributed by atoms with van der Waals surface area (Å²) in [5, 5.41) is 4.62. The third-order valence-electron chi connectivity index (χ3n) is 2.71. The van der Waals surface area contributed by atoms with Crippen molar-refractivity contribution in [1.82, 2.24) is 9.78 Å². The van der Waals surface area contributed by atoms with Gasteiger partial charge in [0.1, 0.15) is 0 Å². The summed E-state index contributed by atoms with van der Waals surface area (Å²) in [5.41, 5.74) is 9.34. The highest BCUT2D eigenvalue weighted by Gasteiger charge is 2.20. The van der Waals surface area contributed by atoms with E-state index in [0.717, 1.165) is 25.3 Å². The van der Waals surface area contributed by atoms with Gasteiger partial charge in [0.25, 0.3) is 0 Å². The molecule has 4 nitrogen and oxygen atoms in total. The van der Waals surface area contributed by atoms with Gasteiger partial charge >= 0.3 is 0 Å². The van der Waals surface area contributed by atoms with Gasteiger partial charge in [-0.3, -0.25) is 4.68 Å². The molecule has 2 heterocycles. The molecule has 2 N–H and O–H groups in total. The average molecular weight is 209 g/mol. The molecule has 1 aromatic heterocycles. The molecule has 1 aliphatic rings. The lowest BCUT2D eigenvalue weighted by atomic mass is 10.1. The Morgan fingerprint density at radius 1 is 1.53 bits per heavy atom. The Morgan fingerprint density at radius 2 is 2.33 bits per heavy atom. The molecule has 0 amide bonds. The molecule has 1 aromatic rings. The normalized spacial score (nSPS) is 15.7. The van der Waals surface area contributed by atoms with Crippen molar-refractivity contribution in [3.63, 3.8) is 0 Å². The van der Waals surface area contributed by atoms with Crippen LogP contribution in [0.3, 0.4) is 0 Å². The fourth-order valence-electron chi connectivity index (χ4n) is 2.02. The van der Waals surface area contributed by atoms with E-state index in [1.165, 1.54) is 11.3 Å². The molecule has 2 rings (SSSR count). The van der Waals surface area contributed by atoms with Crippen LogP contribution < -0.4 is 5.73 Å². The van der Waals surface area contributed by atoms with Crippen LogP contribution in [0.1, 0.15) is 30.8 Å². The summed E-state index contributed by atoms with van der Waals surface area (Å²) >= 11 is 0. The number of hydrogen-bond acceptors (Lipinski definition) is 3. The van der Waals surface area contributed by atoms with E-state index in [4.69, 9.17) is 10.5 Å². The van der Waals surface area contributed by atoms with Crippen LogP contribution in [-0.4, -0.2) is 16.4 Å². The molecule has 0 aromatic carbocycles. The number of nitrogens with zero attached hydrogens (tertiary/aromatic N) is 2. The van der Waals surface area contributed by atoms with Gasteiger partial charge in [0.15, 0.2) is 0 Å². The first kappa shape index (κ1) is 10.6. The molecule has 0 atom stereocenters. The summed E-state index contributed by atoms with van der Waals surface area (Å²) in [4.78, 5) is 0. The Hall–Kier alpha value is -0.870. The number of nitrogens with two attached hydrogens (primary N) is 1. The maximum Gasteiger partial charge on any atom is 0.0753 e. The highest BCUT2D eigenvalue weighted by Crippen LogP contribution is 2.20. The molecule has 0 radical (unpaired) electrons. The van der Waals surface area contributed by atoms with Gasteiger partial charge in [-0.05, 0) is 5.92 Å². The zero-order chi connectivity index (χ0) is 10.8. The van der Waals surface area contributed by atoms with Gasteiger partial charge in [-0.2, -0.15) is 5.10 Å². The molecule has 0 spiro atoms. The summed E-state index contributed by atoms with van der Waals surface area (Å²) < 4.78 is 7.51. The Labute approximate surface area is 90.4 Å². The number of rotatable bonds is 3. The van der Waals surface area contributed by atoms with Gasteiger partial charge in [0, 0.05) is 25.1 Å². The first-order chi connectivity index (χ1) is 7.22. The standard InChI is InChI=1S/C11H19N3O/c1-8(2)6-14-11(5-12)9-7-15-4-3-10(9)13-14/h8H,3-7,12H2,1-2H3. The summed E-state index contributed by atoms with van der Waals surface area (Å²) in [6.45, 7) is 7.35. The van der Waals surface area contributed by atoms with Gasteiger partial charge in [-0.15, -0.1) is 0 Å². The molecular weight excluding hydrogens is 190 g/mol. The highest BCUT2D eigenvalue weighted by molar-refractivity contribution is 5.27. The lowest BCUT2D eigenvalue weighted by molar-refractivity contribution is 0.109. The number of aromatic nitrogens is 2. The predicted octanol–water partition coefficient (Wildman–Crippen LogP) is 1.07. The number of ether oxygens (including phenoxy) is 1. The minimum absolute atomic E-state index is 0.554. The van der Waals surface area contributed by atoms with E-state index in [1.807, 2.05) is 0 Å². The second-order valence-corrected chi connectivity index (χ2v) is 4.45. The van der Waals surface area contributed by atoms with Crippen molar-refractivity contribution < 1.29 is 4.74 Å². The SMILES string of the molecule is CC(C)Cn1nc2c(c1CN)COCC2. The van der Waals surface area contributed by atoms with Gasteiger partial charge in [0.05, 0.1) is 24.6 Å². The van der Waals surface area contributed by atoms with Crippen molar-refractivity contribution >= 4 is 0 Å². The molecule has 0 aliphatic carbocycles. The fraction of sp³-hybridized carbons (Fsp3) is 0.727. The molecule has 1 aliphatic heterocycles. The van der Waals surface area contributed by atoms with Crippen molar-refractivity contribution in [2.75, 3.05) is 6.61 Å². The first-order valence-corrected chi connectivity index (χ1v) is 5.57. The zero-order valence-corrected chi connectivity index (χ0v) is 9.49. The van der Waals surface area contributed by atoms with Crippen LogP contribution >= 0.6 is 0 Å². The Kier molecular flexibility index (Phi) is 3.07. The Morgan fingerprint density at radius 3 is 3.00 bits per heavy atom. The van der Waals surface area contributed by atoms with Crippen LogP contribution in [0.2, 0.25) is 0 Å². The summed E-state index contributed by atoms with van der Waals surface area (Å²) in [7, 11) is 0. The monoisotopic (exact) mass is 209 g/mol. The van der Waals surface area contributed by atoms with E-state index in [-0.39, 0.29) is 0 Å². The lowest BCUT2D eigenvalue weighted by Crippen LogP contribution is -2.14. The van der Waals surface area contributed by atoms with Gasteiger partial charge in [0.2, 0.25) is 0 Å². The van der Waals surface area contributed by atoms with Crippen LogP contribution in [0, 0.1) is 5.92 Å². The average Bonchev–Trinajstić information content (AvgIpc) is 2.53. The summed E-state index contributed by atoms with van der Waals surface area (Å²) in [6.07, 6.45) is 0.924. The van der Waals surface area contributed by atoms with Crippen LogP contribution in [0.25, 0.3) is 0 Å². The topological polar surface area (TPSA) is 53.1 Å². The van der Waals surface area contributed by atoms with E-state index < -0.39 is 0 Å². The maximum absolute atomic E-state index is 5.78. The van der Waals surface area contributed by atoms with Crippen LogP contribution in [0.5, 0.6) is 0 Å². The third kappa shape index (κ3) is 2.06. The molecule has 4 heteroatoms. The van der Waals surface area contributed by atoms with Crippen LogP contribution in [0.15, 0.2) is 0 Å². The maximum atomic E-state index is 5.78. The minimum Gasteiger partial charge on any atom is -0.376 e.